The fourth-order valence-electron chi connectivity index (χ4n) is 2.10. The number of aromatic nitrogens is 3. The van der Waals surface area contributed by atoms with Crippen LogP contribution in [0.25, 0.3) is 0 Å². The van der Waals surface area contributed by atoms with E-state index < -0.39 is 8.07 Å². The molecular weight excluding hydrogens is 294 g/mol. The molecule has 0 saturated heterocycles. The van der Waals surface area contributed by atoms with Crippen molar-refractivity contribution < 1.29 is 0 Å². The largest absolute Gasteiger partial charge is 0.239 e. The first-order chi connectivity index (χ1) is 10.0. The van der Waals surface area contributed by atoms with Crippen LogP contribution in [-0.4, -0.2) is 23.1 Å². The van der Waals surface area contributed by atoms with Gasteiger partial charge in [0, 0.05) is 12.3 Å². The van der Waals surface area contributed by atoms with Crippen molar-refractivity contribution in [2.75, 3.05) is 0 Å². The zero-order valence-electron chi connectivity index (χ0n) is 13.5. The number of nitrogens with zero attached hydrogens (tertiary/aromatic N) is 3. The van der Waals surface area contributed by atoms with Gasteiger partial charge >= 0.3 is 0 Å². The van der Waals surface area contributed by atoms with E-state index >= 15 is 0 Å². The van der Waals surface area contributed by atoms with E-state index in [1.54, 1.807) is 0 Å². The third-order valence-corrected chi connectivity index (χ3v) is 6.44. The summed E-state index contributed by atoms with van der Waals surface area (Å²) in [6.45, 7) is 10.2. The van der Waals surface area contributed by atoms with Gasteiger partial charge in [0.25, 0.3) is 0 Å². The summed E-state index contributed by atoms with van der Waals surface area (Å²) >= 11 is 1.88. The molecule has 0 aliphatic heterocycles. The number of aryl methyl sites for hydroxylation is 1. The molecule has 0 saturated carbocycles. The van der Waals surface area contributed by atoms with Gasteiger partial charge in [-0.05, 0) is 12.0 Å². The lowest BCUT2D eigenvalue weighted by molar-refractivity contribution is 0.519. The Morgan fingerprint density at radius 1 is 1.14 bits per heavy atom. The average molecular weight is 320 g/mol. The van der Waals surface area contributed by atoms with Crippen LogP contribution in [0.4, 0.5) is 0 Å². The Labute approximate surface area is 133 Å². The molecule has 1 aromatic heterocycles. The lowest BCUT2D eigenvalue weighted by Gasteiger charge is -2.15. The van der Waals surface area contributed by atoms with E-state index in [1.165, 1.54) is 22.3 Å². The molecule has 114 valence electrons. The van der Waals surface area contributed by atoms with Crippen molar-refractivity contribution in [1.29, 1.82) is 0 Å². The predicted molar refractivity (Wildman–Crippen MR) is 93.9 cm³/mol. The van der Waals surface area contributed by atoms with Crippen molar-refractivity contribution in [2.45, 2.75) is 56.7 Å². The summed E-state index contributed by atoms with van der Waals surface area (Å²) in [5.74, 6) is 0.984. The molecule has 0 fully saturated rings. The highest BCUT2D eigenvalue weighted by Crippen LogP contribution is 2.23. The lowest BCUT2D eigenvalue weighted by Crippen LogP contribution is -2.40. The topological polar surface area (TPSA) is 30.7 Å². The van der Waals surface area contributed by atoms with Gasteiger partial charge in [0.1, 0.15) is 13.1 Å². The van der Waals surface area contributed by atoms with Gasteiger partial charge < -0.3 is 0 Å². The summed E-state index contributed by atoms with van der Waals surface area (Å²) in [4.78, 5) is 0. The van der Waals surface area contributed by atoms with E-state index in [1.807, 2.05) is 11.8 Å². The van der Waals surface area contributed by atoms with Crippen LogP contribution < -0.4 is 5.32 Å². The van der Waals surface area contributed by atoms with E-state index in [9.17, 15) is 0 Å². The first-order valence-electron chi connectivity index (χ1n) is 7.63. The second-order valence-corrected chi connectivity index (χ2v) is 12.3. The summed E-state index contributed by atoms with van der Waals surface area (Å²) < 4.78 is 2.12. The van der Waals surface area contributed by atoms with Crippen molar-refractivity contribution >= 4 is 25.2 Å². The van der Waals surface area contributed by atoms with Crippen molar-refractivity contribution in [3.63, 3.8) is 0 Å². The molecule has 3 nitrogen and oxygen atoms in total. The van der Waals surface area contributed by atoms with Crippen LogP contribution in [-0.2, 0) is 12.3 Å². The first kappa shape index (κ1) is 16.3. The Morgan fingerprint density at radius 2 is 1.86 bits per heavy atom. The van der Waals surface area contributed by atoms with Gasteiger partial charge in [0.05, 0.1) is 5.32 Å². The summed E-state index contributed by atoms with van der Waals surface area (Å²) in [6, 6.07) is 10.6. The molecule has 0 N–H and O–H groups in total. The van der Waals surface area contributed by atoms with Gasteiger partial charge in [-0.3, -0.25) is 0 Å². The van der Waals surface area contributed by atoms with Crippen LogP contribution in [0.1, 0.15) is 25.3 Å². The van der Waals surface area contributed by atoms with E-state index in [-0.39, 0.29) is 0 Å². The van der Waals surface area contributed by atoms with Gasteiger partial charge in [-0.25, -0.2) is 4.68 Å². The number of unbranched alkanes of at least 4 members (excludes halogenated alkanes) is 1. The highest BCUT2D eigenvalue weighted by molar-refractivity contribution is 7.98. The maximum absolute atomic E-state index is 4.51. The minimum atomic E-state index is -1.45. The Morgan fingerprint density at radius 3 is 2.48 bits per heavy atom. The van der Waals surface area contributed by atoms with Crippen LogP contribution in [0.2, 0.25) is 19.6 Å². The third kappa shape index (κ3) is 4.45. The molecule has 0 bridgehead atoms. The van der Waals surface area contributed by atoms with Gasteiger partial charge in [-0.2, -0.15) is 0 Å². The number of thioether (sulfide) groups is 1. The van der Waals surface area contributed by atoms with Crippen molar-refractivity contribution in [2.24, 2.45) is 0 Å². The predicted octanol–water partition coefficient (Wildman–Crippen LogP) is 3.92. The summed E-state index contributed by atoms with van der Waals surface area (Å²) in [5.41, 5.74) is 1.35. The zero-order chi connectivity index (χ0) is 15.3. The minimum Gasteiger partial charge on any atom is -0.239 e. The monoisotopic (exact) mass is 319 g/mol. The fraction of sp³-hybridized carbons (Fsp3) is 0.500. The molecule has 1 aromatic carbocycles. The van der Waals surface area contributed by atoms with E-state index in [0.29, 0.717) is 0 Å². The molecule has 0 atom stereocenters. The van der Waals surface area contributed by atoms with Gasteiger partial charge in [0.2, 0.25) is 0 Å². The normalized spacial score (nSPS) is 11.8. The molecule has 0 spiro atoms. The van der Waals surface area contributed by atoms with Crippen LogP contribution in [0.5, 0.6) is 0 Å². The standard InChI is InChI=1S/C16H25N3SSi/c1-5-6-12-19-16(15(17-18-19)21(2,3)4)20-13-14-10-8-7-9-11-14/h7-11H,5-6,12-13H2,1-4H3. The van der Waals surface area contributed by atoms with E-state index in [4.69, 9.17) is 0 Å². The summed E-state index contributed by atoms with van der Waals surface area (Å²) in [7, 11) is -1.45. The van der Waals surface area contributed by atoms with Crippen LogP contribution in [0.3, 0.4) is 0 Å². The molecule has 2 rings (SSSR count). The SMILES string of the molecule is CCCCn1nnc([Si](C)(C)C)c1SCc1ccccc1. The molecule has 0 aliphatic rings. The molecule has 21 heavy (non-hydrogen) atoms. The van der Waals surface area contributed by atoms with Gasteiger partial charge in [0.15, 0.2) is 0 Å². The zero-order valence-corrected chi connectivity index (χ0v) is 15.3. The van der Waals surface area contributed by atoms with Crippen LogP contribution >= 0.6 is 11.8 Å². The first-order valence-corrected chi connectivity index (χ1v) is 12.1. The number of hydrogen-bond acceptors (Lipinski definition) is 3. The molecule has 0 aliphatic carbocycles. The molecule has 0 unspecified atom stereocenters. The van der Waals surface area contributed by atoms with Crippen molar-refractivity contribution in [3.8, 4) is 0 Å². The second-order valence-electron chi connectivity index (χ2n) is 6.34. The van der Waals surface area contributed by atoms with Crippen LogP contribution in [0, 0.1) is 0 Å². The summed E-state index contributed by atoms with van der Waals surface area (Å²) in [5, 5.41) is 11.5. The summed E-state index contributed by atoms with van der Waals surface area (Å²) in [6.07, 6.45) is 2.35. The number of rotatable bonds is 7. The van der Waals surface area contributed by atoms with Crippen molar-refractivity contribution in [1.82, 2.24) is 15.0 Å². The number of benzene rings is 1. The van der Waals surface area contributed by atoms with Gasteiger partial charge in [-0.1, -0.05) is 68.5 Å². The minimum absolute atomic E-state index is 0.977. The average Bonchev–Trinajstić information content (AvgIpc) is 2.87. The third-order valence-electron chi connectivity index (χ3n) is 3.34. The Kier molecular flexibility index (Phi) is 5.64. The molecular formula is C16H25N3SSi. The maximum atomic E-state index is 4.51. The van der Waals surface area contributed by atoms with Gasteiger partial charge in [-0.15, -0.1) is 16.9 Å². The second kappa shape index (κ2) is 7.27. The highest BCUT2D eigenvalue weighted by Gasteiger charge is 2.26. The molecule has 0 radical (unpaired) electrons. The molecule has 5 heteroatoms. The highest BCUT2D eigenvalue weighted by atomic mass is 32.2. The number of hydrogen-bond donors (Lipinski definition) is 0. The molecule has 2 aromatic rings. The molecule has 0 amide bonds. The van der Waals surface area contributed by atoms with Crippen molar-refractivity contribution in [3.05, 3.63) is 35.9 Å². The quantitative estimate of drug-likeness (QED) is 0.572. The van der Waals surface area contributed by atoms with E-state index in [2.05, 4.69) is 71.9 Å². The maximum Gasteiger partial charge on any atom is 0.113 e. The smallest absolute Gasteiger partial charge is 0.113 e. The Hall–Kier alpha value is -1.07. The fourth-order valence-corrected chi connectivity index (χ4v) is 5.30. The Balaban J connectivity index is 2.19. The van der Waals surface area contributed by atoms with E-state index in [0.717, 1.165) is 18.7 Å². The lowest BCUT2D eigenvalue weighted by atomic mass is 10.2. The van der Waals surface area contributed by atoms with Crippen LogP contribution in [0.15, 0.2) is 35.4 Å². The Bertz CT molecular complexity index is 561. The molecule has 1 heterocycles.